The maximum atomic E-state index is 11.8. The zero-order chi connectivity index (χ0) is 13.8. The molecular weight excluding hydrogens is 240 g/mol. The lowest BCUT2D eigenvalue weighted by atomic mass is 9.95. The lowest BCUT2D eigenvalue weighted by molar-refractivity contribution is -0.143. The molecule has 104 valence electrons. The summed E-state index contributed by atoms with van der Waals surface area (Å²) >= 11 is 0. The summed E-state index contributed by atoms with van der Waals surface area (Å²) in [5, 5.41) is 13.0. The minimum atomic E-state index is -0.751. The first kappa shape index (κ1) is 14.0. The van der Waals surface area contributed by atoms with Gasteiger partial charge in [0.15, 0.2) is 0 Å². The van der Waals surface area contributed by atoms with E-state index in [-0.39, 0.29) is 0 Å². The topological polar surface area (TPSA) is 52.6 Å². The largest absolute Gasteiger partial charge is 0.480 e. The standard InChI is InChI=1S/C15H22N2O2/c1-11-5-3-6-12(2)13(11)14(15(18)19)17-9-4-7-16-8-10-17/h3,5-6,14,16H,4,7-10H2,1-2H3,(H,18,19). The zero-order valence-corrected chi connectivity index (χ0v) is 11.6. The van der Waals surface area contributed by atoms with Gasteiger partial charge in [-0.25, -0.2) is 0 Å². The Bertz CT molecular complexity index is 431. The van der Waals surface area contributed by atoms with Crippen LogP contribution in [0.5, 0.6) is 0 Å². The van der Waals surface area contributed by atoms with Crippen LogP contribution in [0, 0.1) is 13.8 Å². The summed E-state index contributed by atoms with van der Waals surface area (Å²) in [6.45, 7) is 7.43. The lowest BCUT2D eigenvalue weighted by Crippen LogP contribution is -2.37. The number of aryl methyl sites for hydroxylation is 2. The molecule has 1 fully saturated rings. The van der Waals surface area contributed by atoms with E-state index in [1.807, 2.05) is 32.0 Å². The molecule has 0 spiro atoms. The quantitative estimate of drug-likeness (QED) is 0.871. The van der Waals surface area contributed by atoms with Gasteiger partial charge in [0.25, 0.3) is 0 Å². The fourth-order valence-electron chi connectivity index (χ4n) is 2.85. The second kappa shape index (κ2) is 6.17. The Labute approximate surface area is 114 Å². The molecule has 4 nitrogen and oxygen atoms in total. The highest BCUT2D eigenvalue weighted by Gasteiger charge is 2.29. The van der Waals surface area contributed by atoms with Crippen molar-refractivity contribution in [3.05, 3.63) is 34.9 Å². The van der Waals surface area contributed by atoms with Gasteiger partial charge in [0, 0.05) is 19.6 Å². The number of carboxylic acids is 1. The highest BCUT2D eigenvalue weighted by molar-refractivity contribution is 5.76. The summed E-state index contributed by atoms with van der Waals surface area (Å²) in [5.74, 6) is -0.751. The average Bonchev–Trinajstić information content (AvgIpc) is 2.62. The number of carbonyl (C=O) groups is 1. The molecule has 1 saturated heterocycles. The molecule has 0 saturated carbocycles. The Morgan fingerprint density at radius 2 is 1.95 bits per heavy atom. The van der Waals surface area contributed by atoms with Gasteiger partial charge >= 0.3 is 5.97 Å². The number of nitrogens with zero attached hydrogens (tertiary/aromatic N) is 1. The maximum Gasteiger partial charge on any atom is 0.325 e. The number of rotatable bonds is 3. The summed E-state index contributed by atoms with van der Waals surface area (Å²) in [4.78, 5) is 13.8. The zero-order valence-electron chi connectivity index (χ0n) is 11.6. The van der Waals surface area contributed by atoms with Crippen LogP contribution in [-0.2, 0) is 4.79 Å². The van der Waals surface area contributed by atoms with E-state index in [1.165, 1.54) is 0 Å². The van der Waals surface area contributed by atoms with E-state index in [9.17, 15) is 9.90 Å². The van der Waals surface area contributed by atoms with E-state index >= 15 is 0 Å². The van der Waals surface area contributed by atoms with Gasteiger partial charge in [0.2, 0.25) is 0 Å². The van der Waals surface area contributed by atoms with E-state index < -0.39 is 12.0 Å². The van der Waals surface area contributed by atoms with Crippen LogP contribution in [0.3, 0.4) is 0 Å². The second-order valence-electron chi connectivity index (χ2n) is 5.19. The molecule has 1 unspecified atom stereocenters. The number of aliphatic carboxylic acids is 1. The molecule has 0 aromatic heterocycles. The van der Waals surface area contributed by atoms with Crippen molar-refractivity contribution in [1.29, 1.82) is 0 Å². The number of benzene rings is 1. The number of hydrogen-bond donors (Lipinski definition) is 2. The van der Waals surface area contributed by atoms with Crippen molar-refractivity contribution >= 4 is 5.97 Å². The van der Waals surface area contributed by atoms with Gasteiger partial charge in [-0.05, 0) is 43.5 Å². The smallest absolute Gasteiger partial charge is 0.325 e. The van der Waals surface area contributed by atoms with E-state index in [0.29, 0.717) is 0 Å². The minimum absolute atomic E-state index is 0.527. The van der Waals surface area contributed by atoms with Gasteiger partial charge in [-0.15, -0.1) is 0 Å². The molecule has 0 aliphatic carbocycles. The first-order valence-corrected chi connectivity index (χ1v) is 6.85. The van der Waals surface area contributed by atoms with Crippen molar-refractivity contribution in [3.63, 3.8) is 0 Å². The maximum absolute atomic E-state index is 11.8. The third kappa shape index (κ3) is 3.14. The molecular formula is C15H22N2O2. The summed E-state index contributed by atoms with van der Waals surface area (Å²) in [5.41, 5.74) is 3.08. The van der Waals surface area contributed by atoms with Crippen LogP contribution in [-0.4, -0.2) is 42.2 Å². The first-order chi connectivity index (χ1) is 9.11. The van der Waals surface area contributed by atoms with E-state index in [0.717, 1.165) is 49.3 Å². The van der Waals surface area contributed by atoms with Gasteiger partial charge in [-0.3, -0.25) is 9.69 Å². The molecule has 1 aromatic carbocycles. The van der Waals surface area contributed by atoms with Crippen LogP contribution in [0.4, 0.5) is 0 Å². The van der Waals surface area contributed by atoms with Crippen LogP contribution >= 0.6 is 0 Å². The Hall–Kier alpha value is -1.39. The lowest BCUT2D eigenvalue weighted by Gasteiger charge is -2.29. The summed E-state index contributed by atoms with van der Waals surface area (Å²) in [6, 6.07) is 5.45. The fourth-order valence-corrected chi connectivity index (χ4v) is 2.85. The Kier molecular flexibility index (Phi) is 4.56. The predicted octanol–water partition coefficient (Wildman–Crippen LogP) is 1.72. The molecule has 1 aliphatic heterocycles. The van der Waals surface area contributed by atoms with Crippen molar-refractivity contribution in [2.45, 2.75) is 26.3 Å². The third-order valence-electron chi connectivity index (χ3n) is 3.79. The number of nitrogens with one attached hydrogen (secondary N) is 1. The van der Waals surface area contributed by atoms with Crippen molar-refractivity contribution < 1.29 is 9.90 Å². The Balaban J connectivity index is 2.36. The molecule has 0 bridgehead atoms. The minimum Gasteiger partial charge on any atom is -0.480 e. The number of carboxylic acid groups (broad SMARTS) is 1. The van der Waals surface area contributed by atoms with Crippen LogP contribution < -0.4 is 5.32 Å². The number of hydrogen-bond acceptors (Lipinski definition) is 3. The average molecular weight is 262 g/mol. The van der Waals surface area contributed by atoms with Gasteiger partial charge in [-0.2, -0.15) is 0 Å². The van der Waals surface area contributed by atoms with E-state index in [4.69, 9.17) is 0 Å². The van der Waals surface area contributed by atoms with Crippen LogP contribution in [0.1, 0.15) is 29.2 Å². The van der Waals surface area contributed by atoms with Gasteiger partial charge in [0.05, 0.1) is 0 Å². The van der Waals surface area contributed by atoms with Crippen molar-refractivity contribution in [2.24, 2.45) is 0 Å². The molecule has 2 N–H and O–H groups in total. The summed E-state index contributed by atoms with van der Waals surface area (Å²) < 4.78 is 0. The second-order valence-corrected chi connectivity index (χ2v) is 5.19. The third-order valence-corrected chi connectivity index (χ3v) is 3.79. The molecule has 1 heterocycles. The Morgan fingerprint density at radius 1 is 1.26 bits per heavy atom. The van der Waals surface area contributed by atoms with Crippen molar-refractivity contribution in [3.8, 4) is 0 Å². The molecule has 0 radical (unpaired) electrons. The SMILES string of the molecule is Cc1cccc(C)c1C(C(=O)O)N1CCCNCC1. The first-order valence-electron chi connectivity index (χ1n) is 6.85. The van der Waals surface area contributed by atoms with Crippen LogP contribution in [0.2, 0.25) is 0 Å². The molecule has 4 heteroatoms. The van der Waals surface area contributed by atoms with Crippen molar-refractivity contribution in [2.75, 3.05) is 26.2 Å². The molecule has 19 heavy (non-hydrogen) atoms. The van der Waals surface area contributed by atoms with Crippen LogP contribution in [0.25, 0.3) is 0 Å². The Morgan fingerprint density at radius 3 is 2.58 bits per heavy atom. The van der Waals surface area contributed by atoms with Gasteiger partial charge in [-0.1, -0.05) is 18.2 Å². The monoisotopic (exact) mass is 262 g/mol. The highest BCUT2D eigenvalue weighted by Crippen LogP contribution is 2.27. The molecule has 1 aromatic rings. The highest BCUT2D eigenvalue weighted by atomic mass is 16.4. The summed E-state index contributed by atoms with van der Waals surface area (Å²) in [6.07, 6.45) is 0.995. The molecule has 1 aliphatic rings. The fraction of sp³-hybridized carbons (Fsp3) is 0.533. The molecule has 1 atom stereocenters. The van der Waals surface area contributed by atoms with E-state index in [1.54, 1.807) is 0 Å². The van der Waals surface area contributed by atoms with E-state index in [2.05, 4.69) is 10.2 Å². The summed E-state index contributed by atoms with van der Waals surface area (Å²) in [7, 11) is 0. The van der Waals surface area contributed by atoms with Gasteiger partial charge < -0.3 is 10.4 Å². The molecule has 0 amide bonds. The van der Waals surface area contributed by atoms with Crippen LogP contribution in [0.15, 0.2) is 18.2 Å². The normalized spacial score (nSPS) is 18.8. The van der Waals surface area contributed by atoms with Crippen molar-refractivity contribution in [1.82, 2.24) is 10.2 Å². The predicted molar refractivity (Wildman–Crippen MR) is 75.4 cm³/mol. The molecule has 2 rings (SSSR count). The van der Waals surface area contributed by atoms with Gasteiger partial charge in [0.1, 0.15) is 6.04 Å².